The molecule has 0 bridgehead atoms. The van der Waals surface area contributed by atoms with Gasteiger partial charge in [-0.3, -0.25) is 10.1 Å². The topological polar surface area (TPSA) is 110 Å². The van der Waals surface area contributed by atoms with Crippen molar-refractivity contribution in [2.24, 2.45) is 4.99 Å². The quantitative estimate of drug-likeness (QED) is 0.293. The van der Waals surface area contributed by atoms with Crippen molar-refractivity contribution in [2.45, 2.75) is 6.42 Å². The fraction of sp³-hybridized carbons (Fsp3) is 0.316. The second-order valence-electron chi connectivity index (χ2n) is 5.78. The Bertz CT molecular complexity index is 858. The van der Waals surface area contributed by atoms with E-state index in [0.717, 1.165) is 17.3 Å². The molecular weight excluding hydrogens is 360 g/mol. The first-order valence-electron chi connectivity index (χ1n) is 8.95. The Balaban J connectivity index is 1.34. The Kier molecular flexibility index (Phi) is 6.89. The molecule has 0 radical (unpaired) electrons. The minimum absolute atomic E-state index is 0.516. The van der Waals surface area contributed by atoms with Gasteiger partial charge in [-0.15, -0.1) is 0 Å². The van der Waals surface area contributed by atoms with E-state index in [9.17, 15) is 0 Å². The summed E-state index contributed by atoms with van der Waals surface area (Å²) in [6.07, 6.45) is 2.28. The third kappa shape index (κ3) is 5.50. The number of benzene rings is 1. The van der Waals surface area contributed by atoms with Crippen LogP contribution in [0.2, 0.25) is 0 Å². The highest BCUT2D eigenvalue weighted by Gasteiger charge is 2.08. The van der Waals surface area contributed by atoms with Gasteiger partial charge in [-0.2, -0.15) is 5.10 Å². The predicted molar refractivity (Wildman–Crippen MR) is 106 cm³/mol. The minimum atomic E-state index is 0.516. The highest BCUT2D eigenvalue weighted by molar-refractivity contribution is 5.79. The van der Waals surface area contributed by atoms with E-state index in [4.69, 9.17) is 13.9 Å². The van der Waals surface area contributed by atoms with Gasteiger partial charge in [0, 0.05) is 20.0 Å². The van der Waals surface area contributed by atoms with Gasteiger partial charge >= 0.3 is 0 Å². The van der Waals surface area contributed by atoms with Gasteiger partial charge in [-0.1, -0.05) is 0 Å². The molecule has 2 aromatic heterocycles. The van der Waals surface area contributed by atoms with Gasteiger partial charge in [0.05, 0.1) is 19.9 Å². The second kappa shape index (κ2) is 10.0. The number of rotatable bonds is 9. The van der Waals surface area contributed by atoms with Crippen molar-refractivity contribution < 1.29 is 13.9 Å². The summed E-state index contributed by atoms with van der Waals surface area (Å²) in [5, 5.41) is 13.5. The number of nitrogens with one attached hydrogen (secondary N) is 3. The maximum absolute atomic E-state index is 5.68. The molecule has 0 amide bonds. The third-order valence-corrected chi connectivity index (χ3v) is 3.87. The lowest BCUT2D eigenvalue weighted by molar-refractivity contribution is 0.321. The van der Waals surface area contributed by atoms with Gasteiger partial charge in [0.15, 0.2) is 11.7 Å². The zero-order valence-electron chi connectivity index (χ0n) is 15.9. The molecular formula is C19H24N6O3. The van der Waals surface area contributed by atoms with Crippen LogP contribution in [0.5, 0.6) is 11.5 Å². The van der Waals surface area contributed by atoms with E-state index in [1.165, 1.54) is 0 Å². The fourth-order valence-electron chi connectivity index (χ4n) is 2.45. The molecule has 28 heavy (non-hydrogen) atoms. The second-order valence-corrected chi connectivity index (χ2v) is 5.78. The number of H-pyrrole nitrogens is 1. The van der Waals surface area contributed by atoms with Crippen molar-refractivity contribution in [1.29, 1.82) is 0 Å². The van der Waals surface area contributed by atoms with Crippen LogP contribution in [0.1, 0.15) is 5.82 Å². The van der Waals surface area contributed by atoms with Crippen LogP contribution in [-0.2, 0) is 6.42 Å². The van der Waals surface area contributed by atoms with Gasteiger partial charge in [-0.25, -0.2) is 4.98 Å². The number of aromatic nitrogens is 3. The van der Waals surface area contributed by atoms with Crippen molar-refractivity contribution in [3.63, 3.8) is 0 Å². The lowest BCUT2D eigenvalue weighted by atomic mass is 10.3. The molecule has 3 N–H and O–H groups in total. The molecule has 0 saturated heterocycles. The van der Waals surface area contributed by atoms with E-state index < -0.39 is 0 Å². The zero-order valence-corrected chi connectivity index (χ0v) is 15.9. The molecule has 2 heterocycles. The zero-order chi connectivity index (χ0) is 19.6. The summed E-state index contributed by atoms with van der Waals surface area (Å²) in [5.41, 5.74) is 0. The predicted octanol–water partition coefficient (Wildman–Crippen LogP) is 1.86. The molecule has 0 unspecified atom stereocenters. The number of aromatic amines is 1. The van der Waals surface area contributed by atoms with Crippen molar-refractivity contribution >= 4 is 5.96 Å². The SMILES string of the molecule is CN=C(NCCOc1ccc(OC)cc1)NCCc1nc(-c2ccco2)n[nH]1. The van der Waals surface area contributed by atoms with Crippen LogP contribution in [0.25, 0.3) is 11.6 Å². The summed E-state index contributed by atoms with van der Waals surface area (Å²) in [6.45, 7) is 1.80. The molecule has 1 aromatic carbocycles. The maximum atomic E-state index is 5.68. The first-order chi connectivity index (χ1) is 13.8. The molecule has 0 fully saturated rings. The molecule has 148 valence electrons. The normalized spacial score (nSPS) is 11.3. The van der Waals surface area contributed by atoms with E-state index in [-0.39, 0.29) is 0 Å². The van der Waals surface area contributed by atoms with Gasteiger partial charge in [0.1, 0.15) is 23.9 Å². The number of methoxy groups -OCH3 is 1. The summed E-state index contributed by atoms with van der Waals surface area (Å²) >= 11 is 0. The summed E-state index contributed by atoms with van der Waals surface area (Å²) in [6, 6.07) is 11.1. The molecule has 0 saturated carbocycles. The molecule has 0 atom stereocenters. The average molecular weight is 384 g/mol. The Morgan fingerprint density at radius 3 is 2.64 bits per heavy atom. The van der Waals surface area contributed by atoms with Crippen LogP contribution >= 0.6 is 0 Å². The van der Waals surface area contributed by atoms with Crippen molar-refractivity contribution in [3.8, 4) is 23.1 Å². The van der Waals surface area contributed by atoms with E-state index in [1.54, 1.807) is 26.5 Å². The van der Waals surface area contributed by atoms with Crippen molar-refractivity contribution in [3.05, 3.63) is 48.5 Å². The minimum Gasteiger partial charge on any atom is -0.497 e. The van der Waals surface area contributed by atoms with Crippen LogP contribution in [-0.4, -0.2) is 55.0 Å². The number of aliphatic imine (C=N–C) groups is 1. The Hall–Kier alpha value is -3.49. The Morgan fingerprint density at radius 1 is 1.14 bits per heavy atom. The van der Waals surface area contributed by atoms with Crippen molar-refractivity contribution in [1.82, 2.24) is 25.8 Å². The van der Waals surface area contributed by atoms with Gasteiger partial charge < -0.3 is 24.5 Å². The van der Waals surface area contributed by atoms with Gasteiger partial charge in [0.25, 0.3) is 0 Å². The smallest absolute Gasteiger partial charge is 0.216 e. The first-order valence-corrected chi connectivity index (χ1v) is 8.95. The third-order valence-electron chi connectivity index (χ3n) is 3.87. The van der Waals surface area contributed by atoms with E-state index in [0.29, 0.717) is 43.7 Å². The number of ether oxygens (including phenoxy) is 2. The molecule has 3 aromatic rings. The van der Waals surface area contributed by atoms with Crippen LogP contribution in [0, 0.1) is 0 Å². The average Bonchev–Trinajstić information content (AvgIpc) is 3.42. The summed E-state index contributed by atoms with van der Waals surface area (Å²) in [4.78, 5) is 8.60. The number of furan rings is 1. The molecule has 3 rings (SSSR count). The van der Waals surface area contributed by atoms with Crippen molar-refractivity contribution in [2.75, 3.05) is 33.9 Å². The Morgan fingerprint density at radius 2 is 1.93 bits per heavy atom. The molecule has 9 nitrogen and oxygen atoms in total. The van der Waals surface area contributed by atoms with Gasteiger partial charge in [-0.05, 0) is 36.4 Å². The van der Waals surface area contributed by atoms with Crippen LogP contribution in [0.3, 0.4) is 0 Å². The lowest BCUT2D eigenvalue weighted by Gasteiger charge is -2.12. The summed E-state index contributed by atoms with van der Waals surface area (Å²) in [7, 11) is 3.36. The van der Waals surface area contributed by atoms with Crippen LogP contribution < -0.4 is 20.1 Å². The molecule has 0 aliphatic heterocycles. The largest absolute Gasteiger partial charge is 0.497 e. The maximum Gasteiger partial charge on any atom is 0.216 e. The highest BCUT2D eigenvalue weighted by atomic mass is 16.5. The number of guanidine groups is 1. The van der Waals surface area contributed by atoms with E-state index in [2.05, 4.69) is 30.8 Å². The van der Waals surface area contributed by atoms with Gasteiger partial charge in [0.2, 0.25) is 5.82 Å². The van der Waals surface area contributed by atoms with Crippen LogP contribution in [0.15, 0.2) is 52.1 Å². The summed E-state index contributed by atoms with van der Waals surface area (Å²) in [5.74, 6) is 4.27. The molecule has 0 aliphatic carbocycles. The van der Waals surface area contributed by atoms with Crippen LogP contribution in [0.4, 0.5) is 0 Å². The molecule has 0 aliphatic rings. The lowest BCUT2D eigenvalue weighted by Crippen LogP contribution is -2.40. The fourth-order valence-corrected chi connectivity index (χ4v) is 2.45. The molecule has 0 spiro atoms. The standard InChI is InChI=1S/C19H24N6O3/c1-20-19(22-11-13-27-15-7-5-14(26-2)6-8-15)21-10-9-17-23-18(25-24-17)16-4-3-12-28-16/h3-8,12H,9-11,13H2,1-2H3,(H2,20,21,22)(H,23,24,25). The molecule has 9 heteroatoms. The van der Waals surface area contributed by atoms with E-state index >= 15 is 0 Å². The Labute approximate surface area is 163 Å². The monoisotopic (exact) mass is 384 g/mol. The number of nitrogens with zero attached hydrogens (tertiary/aromatic N) is 3. The highest BCUT2D eigenvalue weighted by Crippen LogP contribution is 2.16. The first kappa shape index (κ1) is 19.3. The number of hydrogen-bond donors (Lipinski definition) is 3. The number of hydrogen-bond acceptors (Lipinski definition) is 6. The summed E-state index contributed by atoms with van der Waals surface area (Å²) < 4.78 is 16.1. The van der Waals surface area contributed by atoms with E-state index in [1.807, 2.05) is 30.3 Å².